The molecule has 3 heteroatoms. The lowest BCUT2D eigenvalue weighted by molar-refractivity contribution is 0.0952. The number of carbonyl (C=O) groups is 1. The van der Waals surface area contributed by atoms with Gasteiger partial charge in [0.05, 0.1) is 10.6 Å². The number of amides is 1. The highest BCUT2D eigenvalue weighted by Crippen LogP contribution is 2.14. The first-order valence-electron chi connectivity index (χ1n) is 5.64. The predicted octanol–water partition coefficient (Wildman–Crippen LogP) is 3.51. The summed E-state index contributed by atoms with van der Waals surface area (Å²) in [5, 5.41) is 3.38. The first-order valence-corrected chi connectivity index (χ1v) is 6.01. The summed E-state index contributed by atoms with van der Waals surface area (Å²) in [5.41, 5.74) is 0.550. The van der Waals surface area contributed by atoms with Crippen LogP contribution in [-0.2, 0) is 0 Å². The quantitative estimate of drug-likeness (QED) is 0.783. The maximum Gasteiger partial charge on any atom is 0.252 e. The molecule has 1 amide bonds. The van der Waals surface area contributed by atoms with E-state index in [0.29, 0.717) is 23.0 Å². The first-order chi connectivity index (χ1) is 7.61. The van der Waals surface area contributed by atoms with E-state index in [0.717, 1.165) is 12.8 Å². The third-order valence-corrected chi connectivity index (χ3v) is 2.69. The number of halogens is 1. The van der Waals surface area contributed by atoms with Crippen molar-refractivity contribution in [2.75, 3.05) is 6.54 Å². The van der Waals surface area contributed by atoms with E-state index in [4.69, 9.17) is 11.6 Å². The van der Waals surface area contributed by atoms with Gasteiger partial charge in [0.15, 0.2) is 0 Å². The summed E-state index contributed by atoms with van der Waals surface area (Å²) < 4.78 is 0. The molecule has 0 bridgehead atoms. The van der Waals surface area contributed by atoms with Crippen molar-refractivity contribution in [1.82, 2.24) is 5.32 Å². The van der Waals surface area contributed by atoms with Crippen LogP contribution in [0.15, 0.2) is 24.3 Å². The molecule has 1 N–H and O–H groups in total. The fourth-order valence-electron chi connectivity index (χ4n) is 1.45. The molecule has 1 aromatic rings. The molecule has 1 rings (SSSR count). The molecule has 0 saturated heterocycles. The van der Waals surface area contributed by atoms with Gasteiger partial charge >= 0.3 is 0 Å². The minimum Gasteiger partial charge on any atom is -0.352 e. The number of carbonyl (C=O) groups excluding carboxylic acids is 1. The van der Waals surface area contributed by atoms with Crippen LogP contribution in [0, 0.1) is 5.92 Å². The van der Waals surface area contributed by atoms with Crippen LogP contribution in [0.1, 0.15) is 37.0 Å². The average molecular weight is 240 g/mol. The molecular weight excluding hydrogens is 222 g/mol. The Morgan fingerprint density at radius 1 is 1.38 bits per heavy atom. The Bertz CT molecular complexity index is 350. The fourth-order valence-corrected chi connectivity index (χ4v) is 1.67. The molecule has 16 heavy (non-hydrogen) atoms. The number of benzene rings is 1. The predicted molar refractivity (Wildman–Crippen MR) is 67.9 cm³/mol. The summed E-state index contributed by atoms with van der Waals surface area (Å²) in [4.78, 5) is 11.7. The SMILES string of the molecule is CC(C)CCCNC(=O)c1ccccc1Cl. The average Bonchev–Trinajstić information content (AvgIpc) is 2.24. The van der Waals surface area contributed by atoms with Crippen molar-refractivity contribution < 1.29 is 4.79 Å². The Morgan fingerprint density at radius 3 is 2.69 bits per heavy atom. The highest BCUT2D eigenvalue weighted by atomic mass is 35.5. The summed E-state index contributed by atoms with van der Waals surface area (Å²) in [5.74, 6) is 0.589. The van der Waals surface area contributed by atoms with Crippen LogP contribution in [0.3, 0.4) is 0 Å². The van der Waals surface area contributed by atoms with Crippen molar-refractivity contribution in [3.05, 3.63) is 34.9 Å². The molecule has 0 aliphatic heterocycles. The smallest absolute Gasteiger partial charge is 0.252 e. The van der Waals surface area contributed by atoms with Gasteiger partial charge in [0.1, 0.15) is 0 Å². The largest absolute Gasteiger partial charge is 0.352 e. The molecule has 2 nitrogen and oxygen atoms in total. The van der Waals surface area contributed by atoms with Crippen molar-refractivity contribution in [3.63, 3.8) is 0 Å². The van der Waals surface area contributed by atoms with Crippen LogP contribution in [0.5, 0.6) is 0 Å². The topological polar surface area (TPSA) is 29.1 Å². The second kappa shape index (κ2) is 6.54. The Kier molecular flexibility index (Phi) is 5.33. The lowest BCUT2D eigenvalue weighted by atomic mass is 10.1. The molecule has 88 valence electrons. The second-order valence-electron chi connectivity index (χ2n) is 4.27. The number of hydrogen-bond acceptors (Lipinski definition) is 1. The Balaban J connectivity index is 2.39. The van der Waals surface area contributed by atoms with Gasteiger partial charge < -0.3 is 5.32 Å². The zero-order valence-electron chi connectivity index (χ0n) is 9.79. The molecule has 1 aromatic carbocycles. The molecule has 0 unspecified atom stereocenters. The highest BCUT2D eigenvalue weighted by Gasteiger charge is 2.08. The number of rotatable bonds is 5. The normalized spacial score (nSPS) is 10.5. The number of hydrogen-bond donors (Lipinski definition) is 1. The van der Waals surface area contributed by atoms with Gasteiger partial charge in [0.25, 0.3) is 5.91 Å². The summed E-state index contributed by atoms with van der Waals surface area (Å²) in [7, 11) is 0. The minimum atomic E-state index is -0.0886. The van der Waals surface area contributed by atoms with Gasteiger partial charge in [-0.25, -0.2) is 0 Å². The Hall–Kier alpha value is -1.02. The van der Waals surface area contributed by atoms with Crippen molar-refractivity contribution in [1.29, 1.82) is 0 Å². The number of nitrogens with one attached hydrogen (secondary N) is 1. The van der Waals surface area contributed by atoms with Crippen molar-refractivity contribution in [2.24, 2.45) is 5.92 Å². The molecule has 0 aliphatic carbocycles. The van der Waals surface area contributed by atoms with Crippen LogP contribution in [0.4, 0.5) is 0 Å². The van der Waals surface area contributed by atoms with E-state index < -0.39 is 0 Å². The van der Waals surface area contributed by atoms with E-state index >= 15 is 0 Å². The van der Waals surface area contributed by atoms with Gasteiger partial charge in [-0.3, -0.25) is 4.79 Å². The van der Waals surface area contributed by atoms with Gasteiger partial charge in [-0.15, -0.1) is 0 Å². The van der Waals surface area contributed by atoms with Crippen LogP contribution in [0.2, 0.25) is 5.02 Å². The van der Waals surface area contributed by atoms with Crippen LogP contribution >= 0.6 is 11.6 Å². The van der Waals surface area contributed by atoms with Crippen LogP contribution in [0.25, 0.3) is 0 Å². The molecule has 0 spiro atoms. The summed E-state index contributed by atoms with van der Waals surface area (Å²) in [6.07, 6.45) is 2.14. The van der Waals surface area contributed by atoms with E-state index in [9.17, 15) is 4.79 Å². The van der Waals surface area contributed by atoms with Crippen LogP contribution < -0.4 is 5.32 Å². The van der Waals surface area contributed by atoms with Crippen molar-refractivity contribution in [3.8, 4) is 0 Å². The minimum absolute atomic E-state index is 0.0886. The summed E-state index contributed by atoms with van der Waals surface area (Å²) in [6, 6.07) is 7.09. The molecule has 0 aromatic heterocycles. The molecule has 0 radical (unpaired) electrons. The maximum absolute atomic E-state index is 11.7. The zero-order chi connectivity index (χ0) is 12.0. The summed E-state index contributed by atoms with van der Waals surface area (Å²) in [6.45, 7) is 5.06. The molecule has 0 saturated carbocycles. The molecule has 0 atom stereocenters. The molecular formula is C13H18ClNO. The van der Waals surface area contributed by atoms with Crippen molar-refractivity contribution in [2.45, 2.75) is 26.7 Å². The van der Waals surface area contributed by atoms with Crippen LogP contribution in [-0.4, -0.2) is 12.5 Å². The van der Waals surface area contributed by atoms with E-state index in [1.165, 1.54) is 0 Å². The monoisotopic (exact) mass is 239 g/mol. The first kappa shape index (κ1) is 13.0. The van der Waals surface area contributed by atoms with Gasteiger partial charge in [0, 0.05) is 6.54 Å². The maximum atomic E-state index is 11.7. The third-order valence-electron chi connectivity index (χ3n) is 2.36. The van der Waals surface area contributed by atoms with E-state index in [-0.39, 0.29) is 5.91 Å². The van der Waals surface area contributed by atoms with Gasteiger partial charge in [-0.05, 0) is 30.9 Å². The zero-order valence-corrected chi connectivity index (χ0v) is 10.6. The molecule has 0 fully saturated rings. The van der Waals surface area contributed by atoms with Crippen molar-refractivity contribution >= 4 is 17.5 Å². The van der Waals surface area contributed by atoms with Gasteiger partial charge in [-0.2, -0.15) is 0 Å². The lowest BCUT2D eigenvalue weighted by Crippen LogP contribution is -2.24. The molecule has 0 aliphatic rings. The standard InChI is InChI=1S/C13H18ClNO/c1-10(2)6-5-9-15-13(16)11-7-3-4-8-12(11)14/h3-4,7-8,10H,5-6,9H2,1-2H3,(H,15,16). The van der Waals surface area contributed by atoms with E-state index in [2.05, 4.69) is 19.2 Å². The third kappa shape index (κ3) is 4.23. The van der Waals surface area contributed by atoms with E-state index in [1.807, 2.05) is 12.1 Å². The van der Waals surface area contributed by atoms with Gasteiger partial charge in [0.2, 0.25) is 0 Å². The van der Waals surface area contributed by atoms with E-state index in [1.54, 1.807) is 12.1 Å². The lowest BCUT2D eigenvalue weighted by Gasteiger charge is -2.07. The fraction of sp³-hybridized carbons (Fsp3) is 0.462. The second-order valence-corrected chi connectivity index (χ2v) is 4.68. The summed E-state index contributed by atoms with van der Waals surface area (Å²) >= 11 is 5.92. The van der Waals surface area contributed by atoms with Gasteiger partial charge in [-0.1, -0.05) is 37.6 Å². The Labute approximate surface area is 102 Å². The molecule has 0 heterocycles. The highest BCUT2D eigenvalue weighted by molar-refractivity contribution is 6.33. The Morgan fingerprint density at radius 2 is 2.06 bits per heavy atom.